The van der Waals surface area contributed by atoms with Crippen molar-refractivity contribution in [2.24, 2.45) is 5.10 Å². The Morgan fingerprint density at radius 3 is 2.67 bits per heavy atom. The predicted molar refractivity (Wildman–Crippen MR) is 123 cm³/mol. The second-order valence-corrected chi connectivity index (χ2v) is 7.70. The van der Waals surface area contributed by atoms with E-state index in [0.717, 1.165) is 23.0 Å². The van der Waals surface area contributed by atoms with Gasteiger partial charge in [0.2, 0.25) is 11.1 Å². The molecular weight excluding hydrogens is 424 g/mol. The summed E-state index contributed by atoms with van der Waals surface area (Å²) in [4.78, 5) is 14.1. The Kier molecular flexibility index (Phi) is 7.15. The molecule has 3 aromatic rings. The van der Waals surface area contributed by atoms with E-state index in [0.29, 0.717) is 15.9 Å². The molecule has 1 heterocycles. The first-order chi connectivity index (χ1) is 14.4. The molecule has 0 bridgehead atoms. The Balaban J connectivity index is 1.52. The number of hydrazone groups is 1. The zero-order chi connectivity index (χ0) is 21.5. The summed E-state index contributed by atoms with van der Waals surface area (Å²) in [5, 5.41) is 15.6. The van der Waals surface area contributed by atoms with Gasteiger partial charge in [0, 0.05) is 19.8 Å². The third-order valence-electron chi connectivity index (χ3n) is 3.93. The summed E-state index contributed by atoms with van der Waals surface area (Å²) < 4.78 is 1.24. The van der Waals surface area contributed by atoms with Gasteiger partial charge in [0.1, 0.15) is 0 Å². The number of halogens is 1. The van der Waals surface area contributed by atoms with Crippen LogP contribution in [0, 0.1) is 0 Å². The van der Waals surface area contributed by atoms with Crippen molar-refractivity contribution in [3.63, 3.8) is 0 Å². The number of nitrogens with one attached hydrogen (secondary N) is 2. The Morgan fingerprint density at radius 1 is 1.23 bits per heavy atom. The Labute approximate surface area is 183 Å². The highest BCUT2D eigenvalue weighted by Gasteiger charge is 2.12. The number of thioether (sulfide) groups is 1. The molecule has 9 nitrogen and oxygen atoms in total. The molecule has 156 valence electrons. The summed E-state index contributed by atoms with van der Waals surface area (Å²) in [6.07, 6.45) is 1.65. The number of carbonyl (C=O) groups excluding carboxylic acids is 1. The van der Waals surface area contributed by atoms with Crippen molar-refractivity contribution in [2.45, 2.75) is 5.16 Å². The molecule has 0 spiro atoms. The van der Waals surface area contributed by atoms with Gasteiger partial charge in [-0.05, 0) is 29.8 Å². The molecule has 1 aromatic heterocycles. The van der Waals surface area contributed by atoms with Crippen molar-refractivity contribution >= 4 is 52.8 Å². The molecular formula is C19H21ClN8OS. The molecule has 0 unspecified atom stereocenters. The molecule has 2 aromatic carbocycles. The van der Waals surface area contributed by atoms with Gasteiger partial charge in [-0.3, -0.25) is 4.79 Å². The number of benzene rings is 2. The SMILES string of the molecule is CN(C)c1ccc(/C=N/Nc2nnc(SCC(=O)Nc3ccccc3Cl)n2N)cc1. The highest BCUT2D eigenvalue weighted by Crippen LogP contribution is 2.22. The fourth-order valence-electron chi connectivity index (χ4n) is 2.35. The van der Waals surface area contributed by atoms with Crippen LogP contribution in [0.5, 0.6) is 0 Å². The van der Waals surface area contributed by atoms with Crippen LogP contribution in [0.2, 0.25) is 5.02 Å². The second-order valence-electron chi connectivity index (χ2n) is 6.35. The van der Waals surface area contributed by atoms with Gasteiger partial charge < -0.3 is 16.1 Å². The number of rotatable bonds is 8. The largest absolute Gasteiger partial charge is 0.378 e. The molecule has 11 heteroatoms. The van der Waals surface area contributed by atoms with Crippen molar-refractivity contribution in [1.82, 2.24) is 14.9 Å². The number of carbonyl (C=O) groups is 1. The number of aromatic nitrogens is 3. The number of nitrogens with zero attached hydrogens (tertiary/aromatic N) is 5. The van der Waals surface area contributed by atoms with Gasteiger partial charge >= 0.3 is 0 Å². The van der Waals surface area contributed by atoms with E-state index in [1.165, 1.54) is 4.68 Å². The molecule has 3 rings (SSSR count). The topological polar surface area (TPSA) is 113 Å². The molecule has 4 N–H and O–H groups in total. The molecule has 0 saturated carbocycles. The minimum atomic E-state index is -0.232. The van der Waals surface area contributed by atoms with Gasteiger partial charge in [-0.2, -0.15) is 5.10 Å². The number of hydrogen-bond acceptors (Lipinski definition) is 8. The van der Waals surface area contributed by atoms with Crippen LogP contribution in [-0.2, 0) is 4.79 Å². The zero-order valence-electron chi connectivity index (χ0n) is 16.4. The lowest BCUT2D eigenvalue weighted by molar-refractivity contribution is -0.113. The molecule has 1 amide bonds. The van der Waals surface area contributed by atoms with E-state index in [1.54, 1.807) is 30.5 Å². The number of hydrogen-bond donors (Lipinski definition) is 3. The minimum absolute atomic E-state index is 0.0993. The van der Waals surface area contributed by atoms with Gasteiger partial charge in [-0.1, -0.05) is 47.6 Å². The monoisotopic (exact) mass is 444 g/mol. The minimum Gasteiger partial charge on any atom is -0.378 e. The van der Waals surface area contributed by atoms with Crippen molar-refractivity contribution in [2.75, 3.05) is 41.3 Å². The van der Waals surface area contributed by atoms with Crippen molar-refractivity contribution in [1.29, 1.82) is 0 Å². The lowest BCUT2D eigenvalue weighted by atomic mass is 10.2. The second kappa shape index (κ2) is 9.99. The summed E-state index contributed by atoms with van der Waals surface area (Å²) in [5.74, 6) is 6.10. The van der Waals surface area contributed by atoms with E-state index >= 15 is 0 Å². The third-order valence-corrected chi connectivity index (χ3v) is 5.21. The van der Waals surface area contributed by atoms with E-state index in [4.69, 9.17) is 17.4 Å². The summed E-state index contributed by atoms with van der Waals surface area (Å²) in [6, 6.07) is 14.9. The fourth-order valence-corrected chi connectivity index (χ4v) is 3.19. The number of nitrogen functional groups attached to an aromatic ring is 1. The number of nitrogens with two attached hydrogens (primary N) is 1. The molecule has 0 saturated heterocycles. The summed E-state index contributed by atoms with van der Waals surface area (Å²) >= 11 is 7.18. The maximum Gasteiger partial charge on any atom is 0.264 e. The van der Waals surface area contributed by atoms with Gasteiger partial charge in [0.05, 0.1) is 22.7 Å². The lowest BCUT2D eigenvalue weighted by Crippen LogP contribution is -2.17. The van der Waals surface area contributed by atoms with E-state index < -0.39 is 0 Å². The maximum absolute atomic E-state index is 12.1. The van der Waals surface area contributed by atoms with Crippen LogP contribution in [0.3, 0.4) is 0 Å². The highest BCUT2D eigenvalue weighted by atomic mass is 35.5. The van der Waals surface area contributed by atoms with Crippen LogP contribution in [0.25, 0.3) is 0 Å². The van der Waals surface area contributed by atoms with Crippen LogP contribution in [0.15, 0.2) is 58.8 Å². The first-order valence-electron chi connectivity index (χ1n) is 8.88. The molecule has 0 fully saturated rings. The molecule has 0 atom stereocenters. The van der Waals surface area contributed by atoms with Crippen molar-refractivity contribution in [3.8, 4) is 0 Å². The van der Waals surface area contributed by atoms with Gasteiger partial charge in [0.25, 0.3) is 5.95 Å². The molecule has 0 aliphatic heterocycles. The van der Waals surface area contributed by atoms with Crippen LogP contribution >= 0.6 is 23.4 Å². The Hall–Kier alpha value is -3.24. The average molecular weight is 445 g/mol. The summed E-state index contributed by atoms with van der Waals surface area (Å²) in [6.45, 7) is 0. The number of anilines is 3. The van der Waals surface area contributed by atoms with Gasteiger partial charge in [0.15, 0.2) is 0 Å². The van der Waals surface area contributed by atoms with Crippen LogP contribution in [0.1, 0.15) is 5.56 Å². The van der Waals surface area contributed by atoms with Crippen LogP contribution < -0.4 is 21.5 Å². The van der Waals surface area contributed by atoms with E-state index in [-0.39, 0.29) is 17.6 Å². The van der Waals surface area contributed by atoms with Crippen molar-refractivity contribution in [3.05, 3.63) is 59.1 Å². The quantitative estimate of drug-likeness (QED) is 0.212. The van der Waals surface area contributed by atoms with E-state index in [2.05, 4.69) is 26.0 Å². The standard InChI is InChI=1S/C19H21ClN8OS/c1-27(2)14-9-7-13(8-10-14)11-22-24-18-25-26-19(28(18)21)30-12-17(29)23-16-6-4-3-5-15(16)20/h3-11H,12,21H2,1-2H3,(H,23,29)(H,24,25)/b22-11+. The fraction of sp³-hybridized carbons (Fsp3) is 0.158. The molecule has 0 radical (unpaired) electrons. The first kappa shape index (κ1) is 21.5. The van der Waals surface area contributed by atoms with Gasteiger partial charge in [-0.25, -0.2) is 10.1 Å². The first-order valence-corrected chi connectivity index (χ1v) is 10.2. The van der Waals surface area contributed by atoms with E-state index in [9.17, 15) is 4.79 Å². The number of amides is 1. The predicted octanol–water partition coefficient (Wildman–Crippen LogP) is 2.89. The lowest BCUT2D eigenvalue weighted by Gasteiger charge is -2.11. The molecule has 0 aliphatic carbocycles. The highest BCUT2D eigenvalue weighted by molar-refractivity contribution is 7.99. The smallest absolute Gasteiger partial charge is 0.264 e. The molecule has 0 aliphatic rings. The van der Waals surface area contributed by atoms with Crippen LogP contribution in [-0.4, -0.2) is 46.8 Å². The summed E-state index contributed by atoms with van der Waals surface area (Å²) in [7, 11) is 3.96. The Morgan fingerprint density at radius 2 is 1.97 bits per heavy atom. The third kappa shape index (κ3) is 5.65. The zero-order valence-corrected chi connectivity index (χ0v) is 18.0. The average Bonchev–Trinajstić information content (AvgIpc) is 3.08. The molecule has 30 heavy (non-hydrogen) atoms. The van der Waals surface area contributed by atoms with Gasteiger partial charge in [-0.15, -0.1) is 10.2 Å². The van der Waals surface area contributed by atoms with E-state index in [1.807, 2.05) is 43.3 Å². The normalized spacial score (nSPS) is 10.9. The number of para-hydroxylation sites is 1. The van der Waals surface area contributed by atoms with Crippen molar-refractivity contribution < 1.29 is 4.79 Å². The Bertz CT molecular complexity index is 1040. The maximum atomic E-state index is 12.1. The van der Waals surface area contributed by atoms with Crippen LogP contribution in [0.4, 0.5) is 17.3 Å². The summed E-state index contributed by atoms with van der Waals surface area (Å²) in [5.41, 5.74) is 5.31.